The first-order chi connectivity index (χ1) is 3.72. The monoisotopic (exact) mass is 129 g/mol. The van der Waals surface area contributed by atoms with E-state index in [1.54, 1.807) is 11.9 Å². The maximum absolute atomic E-state index is 10.7. The molecule has 0 saturated carbocycles. The van der Waals surface area contributed by atoms with Gasteiger partial charge >= 0.3 is 0 Å². The minimum Gasteiger partial charge on any atom is -0.341 e. The van der Waals surface area contributed by atoms with E-state index in [4.69, 9.17) is 12.2 Å². The number of carbonyl (C=O) groups excluding carboxylic acids is 1. The van der Waals surface area contributed by atoms with Crippen LogP contribution in [0, 0.1) is 0 Å². The second kappa shape index (κ2) is 1.82. The van der Waals surface area contributed by atoms with E-state index in [-0.39, 0.29) is 5.91 Å². The summed E-state index contributed by atoms with van der Waals surface area (Å²) in [6.07, 6.45) is 0.769. The van der Waals surface area contributed by atoms with E-state index in [9.17, 15) is 4.79 Å². The lowest BCUT2D eigenvalue weighted by atomic mass is 10.4. The highest BCUT2D eigenvalue weighted by atomic mass is 32.1. The van der Waals surface area contributed by atoms with Gasteiger partial charge in [0, 0.05) is 20.0 Å². The van der Waals surface area contributed by atoms with Gasteiger partial charge in [-0.15, -0.1) is 0 Å². The van der Waals surface area contributed by atoms with Gasteiger partial charge in [-0.2, -0.15) is 0 Å². The molecule has 0 radical (unpaired) electrons. The lowest BCUT2D eigenvalue weighted by Gasteiger charge is -2.02. The molecule has 1 saturated heterocycles. The number of likely N-dealkylation sites (tertiary alicyclic amines) is 1. The van der Waals surface area contributed by atoms with E-state index in [2.05, 4.69) is 0 Å². The van der Waals surface area contributed by atoms with Crippen molar-refractivity contribution in [3.8, 4) is 0 Å². The molecule has 0 bridgehead atoms. The van der Waals surface area contributed by atoms with Crippen LogP contribution in [-0.2, 0) is 4.79 Å². The standard InChI is InChI=1S/C5H7NOS/c1-6-3-2-4(8)5(6)7/h2-3H2,1H3. The van der Waals surface area contributed by atoms with Crippen LogP contribution in [0.5, 0.6) is 0 Å². The SMILES string of the molecule is CN1CCC(=S)C1=O. The molecule has 2 nitrogen and oxygen atoms in total. The topological polar surface area (TPSA) is 20.3 Å². The third kappa shape index (κ3) is 0.733. The summed E-state index contributed by atoms with van der Waals surface area (Å²) in [4.78, 5) is 12.9. The predicted molar refractivity (Wildman–Crippen MR) is 34.9 cm³/mol. The minimum absolute atomic E-state index is 0.0278. The molecule has 1 heterocycles. The second-order valence-corrected chi connectivity index (χ2v) is 2.39. The molecule has 0 atom stereocenters. The maximum Gasteiger partial charge on any atom is 0.260 e. The Morgan fingerprint density at radius 2 is 2.38 bits per heavy atom. The number of amides is 1. The van der Waals surface area contributed by atoms with E-state index in [1.807, 2.05) is 0 Å². The summed E-state index contributed by atoms with van der Waals surface area (Å²) < 4.78 is 0. The molecule has 1 amide bonds. The number of hydrogen-bond donors (Lipinski definition) is 0. The average molecular weight is 129 g/mol. The average Bonchev–Trinajstić information content (AvgIpc) is 1.98. The van der Waals surface area contributed by atoms with E-state index >= 15 is 0 Å². The molecule has 0 aromatic carbocycles. The van der Waals surface area contributed by atoms with Gasteiger partial charge in [0.15, 0.2) is 0 Å². The van der Waals surface area contributed by atoms with Crippen LogP contribution in [0.4, 0.5) is 0 Å². The van der Waals surface area contributed by atoms with Gasteiger partial charge in [-0.25, -0.2) is 0 Å². The van der Waals surface area contributed by atoms with Gasteiger partial charge < -0.3 is 4.90 Å². The summed E-state index contributed by atoms with van der Waals surface area (Å²) >= 11 is 4.73. The Morgan fingerprint density at radius 1 is 1.75 bits per heavy atom. The first kappa shape index (κ1) is 5.69. The summed E-state index contributed by atoms with van der Waals surface area (Å²) in [6, 6.07) is 0. The van der Waals surface area contributed by atoms with E-state index < -0.39 is 0 Å². The number of thiocarbonyl (C=S) groups is 1. The zero-order valence-electron chi connectivity index (χ0n) is 4.68. The number of nitrogens with zero attached hydrogens (tertiary/aromatic N) is 1. The first-order valence-corrected chi connectivity index (χ1v) is 2.91. The predicted octanol–water partition coefficient (Wildman–Crippen LogP) is 0.218. The Balaban J connectivity index is 2.71. The summed E-state index contributed by atoms with van der Waals surface area (Å²) in [6.45, 7) is 0.803. The van der Waals surface area contributed by atoms with Crippen LogP contribution in [0.2, 0.25) is 0 Å². The van der Waals surface area contributed by atoms with Gasteiger partial charge in [-0.05, 0) is 0 Å². The Bertz CT molecular complexity index is 143. The van der Waals surface area contributed by atoms with Crippen LogP contribution >= 0.6 is 12.2 Å². The number of hydrogen-bond acceptors (Lipinski definition) is 2. The number of carbonyl (C=O) groups is 1. The Hall–Kier alpha value is -0.440. The molecule has 0 N–H and O–H groups in total. The molecular weight excluding hydrogens is 122 g/mol. The van der Waals surface area contributed by atoms with Crippen LogP contribution < -0.4 is 0 Å². The summed E-state index contributed by atoms with van der Waals surface area (Å²) in [7, 11) is 1.77. The largest absolute Gasteiger partial charge is 0.341 e. The summed E-state index contributed by atoms with van der Waals surface area (Å²) in [5.74, 6) is 0.0278. The van der Waals surface area contributed by atoms with Crippen molar-refractivity contribution in [2.45, 2.75) is 6.42 Å². The van der Waals surface area contributed by atoms with Crippen LogP contribution in [0.25, 0.3) is 0 Å². The lowest BCUT2D eigenvalue weighted by molar-refractivity contribution is -0.121. The van der Waals surface area contributed by atoms with Crippen molar-refractivity contribution >= 4 is 23.0 Å². The number of rotatable bonds is 0. The molecule has 0 aromatic heterocycles. The van der Waals surface area contributed by atoms with Gasteiger partial charge in [0.2, 0.25) is 0 Å². The zero-order chi connectivity index (χ0) is 6.15. The van der Waals surface area contributed by atoms with E-state index in [0.717, 1.165) is 13.0 Å². The van der Waals surface area contributed by atoms with Crippen LogP contribution in [0.3, 0.4) is 0 Å². The zero-order valence-corrected chi connectivity index (χ0v) is 5.49. The molecule has 44 valence electrons. The molecule has 0 aliphatic carbocycles. The van der Waals surface area contributed by atoms with Crippen LogP contribution in [0.1, 0.15) is 6.42 Å². The molecule has 1 aliphatic rings. The highest BCUT2D eigenvalue weighted by Gasteiger charge is 2.21. The third-order valence-electron chi connectivity index (χ3n) is 1.26. The minimum atomic E-state index is 0.0278. The Morgan fingerprint density at radius 3 is 2.50 bits per heavy atom. The lowest BCUT2D eigenvalue weighted by Crippen LogP contribution is -2.21. The van der Waals surface area contributed by atoms with Crippen LogP contribution in [-0.4, -0.2) is 29.3 Å². The quantitative estimate of drug-likeness (QED) is 0.436. The highest BCUT2D eigenvalue weighted by molar-refractivity contribution is 7.82. The van der Waals surface area contributed by atoms with Crippen molar-refractivity contribution in [3.05, 3.63) is 0 Å². The summed E-state index contributed by atoms with van der Waals surface area (Å²) in [5, 5.41) is 0. The van der Waals surface area contributed by atoms with Gasteiger partial charge in [0.1, 0.15) is 0 Å². The van der Waals surface area contributed by atoms with Crippen molar-refractivity contribution < 1.29 is 4.79 Å². The second-order valence-electron chi connectivity index (χ2n) is 1.90. The third-order valence-corrected chi connectivity index (χ3v) is 1.64. The molecule has 0 unspecified atom stereocenters. The molecule has 0 aromatic rings. The smallest absolute Gasteiger partial charge is 0.260 e. The summed E-state index contributed by atoms with van der Waals surface area (Å²) in [5.41, 5.74) is 0. The Kier molecular flexibility index (Phi) is 1.29. The van der Waals surface area contributed by atoms with Crippen molar-refractivity contribution in [1.82, 2.24) is 4.90 Å². The van der Waals surface area contributed by atoms with Crippen molar-refractivity contribution in [2.75, 3.05) is 13.6 Å². The van der Waals surface area contributed by atoms with Gasteiger partial charge in [0.05, 0.1) is 4.86 Å². The first-order valence-electron chi connectivity index (χ1n) is 2.50. The normalized spacial score (nSPS) is 20.4. The van der Waals surface area contributed by atoms with Gasteiger partial charge in [-0.1, -0.05) is 12.2 Å². The fourth-order valence-electron chi connectivity index (χ4n) is 0.691. The van der Waals surface area contributed by atoms with Crippen LogP contribution in [0.15, 0.2) is 0 Å². The molecule has 3 heteroatoms. The molecule has 1 rings (SSSR count). The molecule has 1 fully saturated rings. The van der Waals surface area contributed by atoms with Gasteiger partial charge in [-0.3, -0.25) is 4.79 Å². The maximum atomic E-state index is 10.7. The van der Waals surface area contributed by atoms with Gasteiger partial charge in [0.25, 0.3) is 5.91 Å². The van der Waals surface area contributed by atoms with Crippen molar-refractivity contribution in [3.63, 3.8) is 0 Å². The van der Waals surface area contributed by atoms with E-state index in [0.29, 0.717) is 4.86 Å². The Labute approximate surface area is 53.5 Å². The molecule has 0 spiro atoms. The fourth-order valence-corrected chi connectivity index (χ4v) is 0.938. The fraction of sp³-hybridized carbons (Fsp3) is 0.600. The molecule has 1 aliphatic heterocycles. The van der Waals surface area contributed by atoms with E-state index in [1.165, 1.54) is 0 Å². The molecular formula is C5H7NOS. The van der Waals surface area contributed by atoms with Crippen molar-refractivity contribution in [1.29, 1.82) is 0 Å². The molecule has 8 heavy (non-hydrogen) atoms. The van der Waals surface area contributed by atoms with Crippen molar-refractivity contribution in [2.24, 2.45) is 0 Å². The highest BCUT2D eigenvalue weighted by Crippen LogP contribution is 2.03.